The molecule has 2 saturated carbocycles. The molecule has 36 heavy (non-hydrogen) atoms. The number of rotatable bonds is 13. The predicted octanol–water partition coefficient (Wildman–Crippen LogP) is 2.35. The van der Waals surface area contributed by atoms with Crippen molar-refractivity contribution in [2.75, 3.05) is 26.4 Å². The van der Waals surface area contributed by atoms with Gasteiger partial charge in [-0.25, -0.2) is 0 Å². The van der Waals surface area contributed by atoms with Crippen molar-refractivity contribution in [1.29, 1.82) is 0 Å². The van der Waals surface area contributed by atoms with Crippen molar-refractivity contribution < 1.29 is 47.6 Å². The molecule has 0 aromatic heterocycles. The average molecular weight is 511 g/mol. The van der Waals surface area contributed by atoms with Crippen LogP contribution in [0.4, 0.5) is 0 Å². The van der Waals surface area contributed by atoms with Gasteiger partial charge in [0.15, 0.2) is 0 Å². The summed E-state index contributed by atoms with van der Waals surface area (Å²) >= 11 is 0. The topological polar surface area (TPSA) is 130 Å². The molecule has 2 aliphatic heterocycles. The molecular formula is C26H38O10. The van der Waals surface area contributed by atoms with Gasteiger partial charge in [-0.05, 0) is 38.5 Å². The Balaban J connectivity index is 1.22. The van der Waals surface area contributed by atoms with Crippen LogP contribution in [-0.2, 0) is 47.6 Å². The Bertz CT molecular complexity index is 747. The van der Waals surface area contributed by atoms with Crippen LogP contribution in [0.15, 0.2) is 0 Å². The Morgan fingerprint density at radius 1 is 0.528 bits per heavy atom. The summed E-state index contributed by atoms with van der Waals surface area (Å²) < 4.78 is 32.5. The molecule has 10 heteroatoms. The molecule has 0 N–H and O–H groups in total. The lowest BCUT2D eigenvalue weighted by Crippen LogP contribution is -2.39. The molecule has 202 valence electrons. The lowest BCUT2D eigenvalue weighted by Gasteiger charge is -2.27. The number of ether oxygens (including phenoxy) is 6. The van der Waals surface area contributed by atoms with Gasteiger partial charge in [-0.1, -0.05) is 26.7 Å². The molecule has 0 aromatic rings. The zero-order valence-electron chi connectivity index (χ0n) is 21.2. The number of carbonyl (C=O) groups excluding carboxylic acids is 4. The van der Waals surface area contributed by atoms with Crippen molar-refractivity contribution in [3.63, 3.8) is 0 Å². The lowest BCUT2D eigenvalue weighted by molar-refractivity contribution is -0.167. The van der Waals surface area contributed by atoms with Gasteiger partial charge in [-0.15, -0.1) is 0 Å². The van der Waals surface area contributed by atoms with Crippen LogP contribution in [0.3, 0.4) is 0 Å². The second kappa shape index (κ2) is 12.4. The number of epoxide rings is 2. The molecule has 0 amide bonds. The fourth-order valence-corrected chi connectivity index (χ4v) is 5.23. The van der Waals surface area contributed by atoms with Crippen molar-refractivity contribution in [2.24, 2.45) is 23.7 Å². The standard InChI is InChI=1S/C26H38O10/c1-3-5-7-31-23(27)15-11-19-21(35-19)13-17(15)25(29)33-9-10-34-26(30)18-14-22-20(36-22)12-16(18)24(28)32-8-6-4-2/h15-22H,3-14H2,1-2H3. The van der Waals surface area contributed by atoms with Crippen molar-refractivity contribution >= 4 is 23.9 Å². The zero-order valence-corrected chi connectivity index (χ0v) is 21.2. The van der Waals surface area contributed by atoms with Crippen molar-refractivity contribution in [3.8, 4) is 0 Å². The summed E-state index contributed by atoms with van der Waals surface area (Å²) in [4.78, 5) is 50.6. The van der Waals surface area contributed by atoms with E-state index in [1.165, 1.54) is 0 Å². The lowest BCUT2D eigenvalue weighted by atomic mass is 9.79. The van der Waals surface area contributed by atoms with E-state index in [9.17, 15) is 19.2 Å². The normalized spacial score (nSPS) is 33.9. The first kappa shape index (κ1) is 26.9. The minimum atomic E-state index is -0.636. The van der Waals surface area contributed by atoms with Crippen LogP contribution in [-0.4, -0.2) is 74.7 Å². The summed E-state index contributed by atoms with van der Waals surface area (Å²) in [5.74, 6) is -4.25. The highest BCUT2D eigenvalue weighted by Gasteiger charge is 2.54. The van der Waals surface area contributed by atoms with Crippen LogP contribution >= 0.6 is 0 Å². The van der Waals surface area contributed by atoms with Gasteiger partial charge in [0.1, 0.15) is 13.2 Å². The number of hydrogen-bond acceptors (Lipinski definition) is 10. The van der Waals surface area contributed by atoms with E-state index < -0.39 is 35.6 Å². The molecule has 4 fully saturated rings. The number of unbranched alkanes of at least 4 members (excludes halogenated alkanes) is 2. The molecule has 10 nitrogen and oxygen atoms in total. The third-order valence-electron chi connectivity index (χ3n) is 7.56. The fraction of sp³-hybridized carbons (Fsp3) is 0.846. The van der Waals surface area contributed by atoms with E-state index >= 15 is 0 Å². The molecule has 0 radical (unpaired) electrons. The molecule has 4 aliphatic rings. The second-order valence-corrected chi connectivity index (χ2v) is 10.2. The number of hydrogen-bond donors (Lipinski definition) is 0. The molecular weight excluding hydrogens is 472 g/mol. The van der Waals surface area contributed by atoms with Crippen LogP contribution < -0.4 is 0 Å². The third kappa shape index (κ3) is 6.76. The highest BCUT2D eigenvalue weighted by atomic mass is 16.6. The Hall–Kier alpha value is -2.20. The molecule has 0 aromatic carbocycles. The number of fused-ring (bicyclic) bond motifs is 2. The molecule has 2 saturated heterocycles. The number of carbonyl (C=O) groups is 4. The summed E-state index contributed by atoms with van der Waals surface area (Å²) in [6.45, 7) is 4.42. The van der Waals surface area contributed by atoms with Crippen molar-refractivity contribution in [2.45, 2.75) is 89.6 Å². The Labute approximate surface area is 211 Å². The molecule has 2 aliphatic carbocycles. The van der Waals surface area contributed by atoms with E-state index in [1.807, 2.05) is 13.8 Å². The highest BCUT2D eigenvalue weighted by molar-refractivity contribution is 5.83. The Morgan fingerprint density at radius 2 is 0.806 bits per heavy atom. The van der Waals surface area contributed by atoms with Gasteiger partial charge in [-0.2, -0.15) is 0 Å². The second-order valence-electron chi connectivity index (χ2n) is 10.2. The van der Waals surface area contributed by atoms with Gasteiger partial charge < -0.3 is 28.4 Å². The largest absolute Gasteiger partial charge is 0.465 e. The van der Waals surface area contributed by atoms with Crippen LogP contribution in [0.25, 0.3) is 0 Å². The average Bonchev–Trinajstić information content (AvgIpc) is 3.79. The maximum Gasteiger partial charge on any atom is 0.310 e. The van der Waals surface area contributed by atoms with Crippen LogP contribution in [0.5, 0.6) is 0 Å². The quantitative estimate of drug-likeness (QED) is 0.157. The van der Waals surface area contributed by atoms with E-state index in [1.54, 1.807) is 0 Å². The summed E-state index contributed by atoms with van der Waals surface area (Å²) in [6, 6.07) is 0. The number of esters is 4. The van der Waals surface area contributed by atoms with Gasteiger partial charge in [0.05, 0.1) is 61.3 Å². The minimum absolute atomic E-state index is 0.00544. The minimum Gasteiger partial charge on any atom is -0.465 e. The van der Waals surface area contributed by atoms with Crippen LogP contribution in [0.1, 0.15) is 65.2 Å². The predicted molar refractivity (Wildman–Crippen MR) is 123 cm³/mol. The van der Waals surface area contributed by atoms with Crippen molar-refractivity contribution in [3.05, 3.63) is 0 Å². The van der Waals surface area contributed by atoms with Gasteiger partial charge >= 0.3 is 23.9 Å². The van der Waals surface area contributed by atoms with E-state index in [-0.39, 0.29) is 49.6 Å². The molecule has 0 bridgehead atoms. The van der Waals surface area contributed by atoms with Gasteiger partial charge in [0.2, 0.25) is 0 Å². The summed E-state index contributed by atoms with van der Waals surface area (Å²) in [6.07, 6.45) is 5.07. The van der Waals surface area contributed by atoms with E-state index in [4.69, 9.17) is 28.4 Å². The van der Waals surface area contributed by atoms with Crippen LogP contribution in [0.2, 0.25) is 0 Å². The van der Waals surface area contributed by atoms with E-state index in [0.29, 0.717) is 38.9 Å². The van der Waals surface area contributed by atoms with Crippen molar-refractivity contribution in [1.82, 2.24) is 0 Å². The highest BCUT2D eigenvalue weighted by Crippen LogP contribution is 2.45. The summed E-state index contributed by atoms with van der Waals surface area (Å²) in [7, 11) is 0. The summed E-state index contributed by atoms with van der Waals surface area (Å²) in [5.41, 5.74) is 0. The smallest absolute Gasteiger partial charge is 0.310 e. The third-order valence-corrected chi connectivity index (χ3v) is 7.56. The SMILES string of the molecule is CCCCOC(=O)C1CC2OC2CC1C(=O)OCCOC(=O)C1CC2OC2CC1C(=O)OCCCC. The fourth-order valence-electron chi connectivity index (χ4n) is 5.23. The van der Waals surface area contributed by atoms with E-state index in [2.05, 4.69) is 0 Å². The Morgan fingerprint density at radius 3 is 1.08 bits per heavy atom. The molecule has 2 heterocycles. The molecule has 8 atom stereocenters. The van der Waals surface area contributed by atoms with Gasteiger partial charge in [0, 0.05) is 0 Å². The summed E-state index contributed by atoms with van der Waals surface area (Å²) in [5, 5.41) is 0. The zero-order chi connectivity index (χ0) is 25.7. The maximum absolute atomic E-state index is 12.8. The monoisotopic (exact) mass is 510 g/mol. The first-order valence-electron chi connectivity index (χ1n) is 13.4. The van der Waals surface area contributed by atoms with E-state index in [0.717, 1.165) is 25.7 Å². The molecule has 8 unspecified atom stereocenters. The maximum atomic E-state index is 12.8. The van der Waals surface area contributed by atoms with Crippen LogP contribution in [0, 0.1) is 23.7 Å². The molecule has 4 rings (SSSR count). The van der Waals surface area contributed by atoms with Gasteiger partial charge in [-0.3, -0.25) is 19.2 Å². The first-order valence-corrected chi connectivity index (χ1v) is 13.4. The first-order chi connectivity index (χ1) is 17.4. The van der Waals surface area contributed by atoms with Gasteiger partial charge in [0.25, 0.3) is 0 Å². The Kier molecular flexibility index (Phi) is 9.22. The molecule has 0 spiro atoms.